The van der Waals surface area contributed by atoms with Crippen LogP contribution >= 0.6 is 0 Å². The Labute approximate surface area is 125 Å². The lowest BCUT2D eigenvalue weighted by Crippen LogP contribution is -2.43. The minimum Gasteiger partial charge on any atom is -0.394 e. The number of nitrogens with zero attached hydrogens (tertiary/aromatic N) is 1. The van der Waals surface area contributed by atoms with Crippen LogP contribution in [0, 0.1) is 0 Å². The minimum atomic E-state index is -0.0993. The molecule has 1 aromatic rings. The van der Waals surface area contributed by atoms with Gasteiger partial charge in [-0.05, 0) is 30.9 Å². The zero-order valence-corrected chi connectivity index (χ0v) is 12.5. The van der Waals surface area contributed by atoms with Gasteiger partial charge < -0.3 is 20.1 Å². The molecule has 5 nitrogen and oxygen atoms in total. The average molecular weight is 292 g/mol. The lowest BCUT2D eigenvalue weighted by molar-refractivity contribution is 0.133. The van der Waals surface area contributed by atoms with E-state index in [-0.39, 0.29) is 18.7 Å². The highest BCUT2D eigenvalue weighted by Crippen LogP contribution is 2.17. The predicted molar refractivity (Wildman–Crippen MR) is 80.8 cm³/mol. The highest BCUT2D eigenvalue weighted by atomic mass is 16.5. The Kier molecular flexibility index (Phi) is 6.02. The summed E-state index contributed by atoms with van der Waals surface area (Å²) in [7, 11) is 0. The second kappa shape index (κ2) is 8.00. The molecule has 2 N–H and O–H groups in total. The third-order valence-electron chi connectivity index (χ3n) is 3.86. The van der Waals surface area contributed by atoms with Gasteiger partial charge in [0.1, 0.15) is 0 Å². The molecule has 2 rings (SSSR count). The molecule has 0 aromatic heterocycles. The number of ether oxygens (including phenoxy) is 1. The maximum absolute atomic E-state index is 12.2. The van der Waals surface area contributed by atoms with Crippen LogP contribution in [0.15, 0.2) is 24.3 Å². The summed E-state index contributed by atoms with van der Waals surface area (Å²) in [6.45, 7) is 4.44. The second-order valence-electron chi connectivity index (χ2n) is 5.24. The Morgan fingerprint density at radius 1 is 1.43 bits per heavy atom. The maximum atomic E-state index is 12.2. The molecule has 21 heavy (non-hydrogen) atoms. The number of hydrogen-bond acceptors (Lipinski definition) is 3. The molecular formula is C16H24N2O3. The maximum Gasteiger partial charge on any atom is 0.317 e. The SMILES string of the molecule is CCOCc1ccccc1CNC(=O)N1CCC[C@H]1CO. The Morgan fingerprint density at radius 2 is 2.19 bits per heavy atom. The van der Waals surface area contributed by atoms with Gasteiger partial charge in [0, 0.05) is 19.7 Å². The Hall–Kier alpha value is -1.59. The van der Waals surface area contributed by atoms with Gasteiger partial charge in [0.05, 0.1) is 19.3 Å². The van der Waals surface area contributed by atoms with Gasteiger partial charge in [-0.3, -0.25) is 0 Å². The van der Waals surface area contributed by atoms with E-state index in [9.17, 15) is 9.90 Å². The summed E-state index contributed by atoms with van der Waals surface area (Å²) < 4.78 is 5.45. The monoisotopic (exact) mass is 292 g/mol. The molecule has 0 unspecified atom stereocenters. The minimum absolute atomic E-state index is 0.0361. The third-order valence-corrected chi connectivity index (χ3v) is 3.86. The van der Waals surface area contributed by atoms with Crippen LogP contribution in [-0.4, -0.2) is 41.8 Å². The highest BCUT2D eigenvalue weighted by molar-refractivity contribution is 5.74. The molecule has 1 heterocycles. The summed E-state index contributed by atoms with van der Waals surface area (Å²) in [5.41, 5.74) is 2.17. The van der Waals surface area contributed by atoms with Crippen LogP contribution in [0.3, 0.4) is 0 Å². The summed E-state index contributed by atoms with van der Waals surface area (Å²) in [6, 6.07) is 7.82. The van der Waals surface area contributed by atoms with Gasteiger partial charge in [-0.1, -0.05) is 24.3 Å². The molecule has 0 aliphatic carbocycles. The molecular weight excluding hydrogens is 268 g/mol. The van der Waals surface area contributed by atoms with Crippen LogP contribution in [0.4, 0.5) is 4.79 Å². The van der Waals surface area contributed by atoms with Crippen molar-refractivity contribution in [2.75, 3.05) is 19.8 Å². The van der Waals surface area contributed by atoms with Gasteiger partial charge in [-0.2, -0.15) is 0 Å². The van der Waals surface area contributed by atoms with Crippen molar-refractivity contribution in [3.63, 3.8) is 0 Å². The first kappa shape index (κ1) is 15.8. The average Bonchev–Trinajstić information content (AvgIpc) is 3.00. The molecule has 116 valence electrons. The quantitative estimate of drug-likeness (QED) is 0.841. The van der Waals surface area contributed by atoms with Gasteiger partial charge in [0.25, 0.3) is 0 Å². The lowest BCUT2D eigenvalue weighted by atomic mass is 10.1. The van der Waals surface area contributed by atoms with E-state index in [1.807, 2.05) is 31.2 Å². The topological polar surface area (TPSA) is 61.8 Å². The summed E-state index contributed by atoms with van der Waals surface area (Å²) in [6.07, 6.45) is 1.84. The van der Waals surface area contributed by atoms with Gasteiger partial charge in [0.2, 0.25) is 0 Å². The zero-order chi connectivity index (χ0) is 15.1. The van der Waals surface area contributed by atoms with Crippen molar-refractivity contribution in [2.45, 2.75) is 39.0 Å². The van der Waals surface area contributed by atoms with E-state index in [1.165, 1.54) is 0 Å². The number of nitrogens with one attached hydrogen (secondary N) is 1. The second-order valence-corrected chi connectivity index (χ2v) is 5.24. The van der Waals surface area contributed by atoms with E-state index in [0.29, 0.717) is 19.8 Å². The predicted octanol–water partition coefficient (Wildman–Crippen LogP) is 1.89. The fourth-order valence-electron chi connectivity index (χ4n) is 2.65. The van der Waals surface area contributed by atoms with Gasteiger partial charge in [-0.15, -0.1) is 0 Å². The number of rotatable bonds is 6. The highest BCUT2D eigenvalue weighted by Gasteiger charge is 2.27. The molecule has 2 amide bonds. The number of likely N-dealkylation sites (tertiary alicyclic amines) is 1. The molecule has 0 spiro atoms. The van der Waals surface area contributed by atoms with Crippen LogP contribution < -0.4 is 5.32 Å². The fraction of sp³-hybridized carbons (Fsp3) is 0.562. The van der Waals surface area contributed by atoms with E-state index < -0.39 is 0 Å². The van der Waals surface area contributed by atoms with Crippen molar-refractivity contribution in [1.82, 2.24) is 10.2 Å². The lowest BCUT2D eigenvalue weighted by Gasteiger charge is -2.23. The molecule has 1 aliphatic heterocycles. The first-order chi connectivity index (χ1) is 10.3. The van der Waals surface area contributed by atoms with E-state index in [1.54, 1.807) is 4.90 Å². The first-order valence-electron chi connectivity index (χ1n) is 7.56. The molecule has 1 atom stereocenters. The van der Waals surface area contributed by atoms with Crippen molar-refractivity contribution in [2.24, 2.45) is 0 Å². The summed E-state index contributed by atoms with van der Waals surface area (Å²) in [5, 5.41) is 12.2. The summed E-state index contributed by atoms with van der Waals surface area (Å²) in [5.74, 6) is 0. The number of urea groups is 1. The molecule has 1 fully saturated rings. The summed E-state index contributed by atoms with van der Waals surface area (Å²) in [4.78, 5) is 13.9. The van der Waals surface area contributed by atoms with Crippen molar-refractivity contribution in [1.29, 1.82) is 0 Å². The number of benzene rings is 1. The van der Waals surface area contributed by atoms with Crippen LogP contribution in [-0.2, 0) is 17.9 Å². The van der Waals surface area contributed by atoms with Crippen molar-refractivity contribution in [3.8, 4) is 0 Å². The smallest absolute Gasteiger partial charge is 0.317 e. The van der Waals surface area contributed by atoms with Crippen LogP contribution in [0.1, 0.15) is 30.9 Å². The van der Waals surface area contributed by atoms with Gasteiger partial charge in [0.15, 0.2) is 0 Å². The number of hydrogen-bond donors (Lipinski definition) is 2. The molecule has 1 aromatic carbocycles. The Balaban J connectivity index is 1.92. The van der Waals surface area contributed by atoms with Crippen molar-refractivity contribution < 1.29 is 14.6 Å². The number of amides is 2. The van der Waals surface area contributed by atoms with Gasteiger partial charge >= 0.3 is 6.03 Å². The number of carbonyl (C=O) groups excluding carboxylic acids is 1. The molecule has 0 radical (unpaired) electrons. The fourth-order valence-corrected chi connectivity index (χ4v) is 2.65. The Morgan fingerprint density at radius 3 is 2.90 bits per heavy atom. The molecule has 0 bridgehead atoms. The Bertz CT molecular complexity index is 465. The van der Waals surface area contributed by atoms with Crippen molar-refractivity contribution >= 4 is 6.03 Å². The third kappa shape index (κ3) is 4.19. The first-order valence-corrected chi connectivity index (χ1v) is 7.56. The summed E-state index contributed by atoms with van der Waals surface area (Å²) >= 11 is 0. The number of aliphatic hydroxyl groups is 1. The van der Waals surface area contributed by atoms with Crippen LogP contribution in [0.25, 0.3) is 0 Å². The zero-order valence-electron chi connectivity index (χ0n) is 12.5. The molecule has 1 aliphatic rings. The largest absolute Gasteiger partial charge is 0.394 e. The van der Waals surface area contributed by atoms with E-state index in [4.69, 9.17) is 4.74 Å². The molecule has 5 heteroatoms. The number of aliphatic hydroxyl groups excluding tert-OH is 1. The normalized spacial score (nSPS) is 18.0. The number of carbonyl (C=O) groups is 1. The standard InChI is InChI=1S/C16H24N2O3/c1-2-21-12-14-7-4-3-6-13(14)10-17-16(20)18-9-5-8-15(18)11-19/h3-4,6-7,15,19H,2,5,8-12H2,1H3,(H,17,20)/t15-/m0/s1. The van der Waals surface area contributed by atoms with Crippen LogP contribution in [0.5, 0.6) is 0 Å². The molecule has 1 saturated heterocycles. The van der Waals surface area contributed by atoms with E-state index in [2.05, 4.69) is 5.32 Å². The van der Waals surface area contributed by atoms with Crippen molar-refractivity contribution in [3.05, 3.63) is 35.4 Å². The molecule has 0 saturated carbocycles. The van der Waals surface area contributed by atoms with Crippen LogP contribution in [0.2, 0.25) is 0 Å². The van der Waals surface area contributed by atoms with E-state index >= 15 is 0 Å². The van der Waals surface area contributed by atoms with E-state index in [0.717, 1.165) is 30.5 Å². The van der Waals surface area contributed by atoms with Gasteiger partial charge in [-0.25, -0.2) is 4.79 Å².